The number of benzene rings is 2. The fourth-order valence-corrected chi connectivity index (χ4v) is 2.84. The van der Waals surface area contributed by atoms with Gasteiger partial charge in [-0.15, -0.1) is 0 Å². The zero-order chi connectivity index (χ0) is 21.5. The van der Waals surface area contributed by atoms with Gasteiger partial charge >= 0.3 is 12.1 Å². The van der Waals surface area contributed by atoms with Crippen LogP contribution in [0.15, 0.2) is 54.6 Å². The molecule has 5 nitrogen and oxygen atoms in total. The highest BCUT2D eigenvalue weighted by Gasteiger charge is 2.63. The Morgan fingerprint density at radius 3 is 2.24 bits per heavy atom. The third-order valence-corrected chi connectivity index (χ3v) is 4.40. The van der Waals surface area contributed by atoms with E-state index in [0.717, 1.165) is 5.56 Å². The van der Waals surface area contributed by atoms with Crippen LogP contribution in [0, 0.1) is 0 Å². The summed E-state index contributed by atoms with van der Waals surface area (Å²) in [6.07, 6.45) is -4.98. The lowest BCUT2D eigenvalue weighted by Crippen LogP contribution is -2.73. The van der Waals surface area contributed by atoms with Crippen LogP contribution in [0.4, 0.5) is 13.2 Å². The maximum atomic E-state index is 14.0. The average Bonchev–Trinajstić information content (AvgIpc) is 2.67. The van der Waals surface area contributed by atoms with Crippen LogP contribution in [-0.2, 0) is 16.0 Å². The molecule has 0 aromatic heterocycles. The zero-order valence-electron chi connectivity index (χ0n) is 15.6. The fourth-order valence-electron chi connectivity index (χ4n) is 2.62. The molecule has 0 aliphatic heterocycles. The Morgan fingerprint density at radius 1 is 1.03 bits per heavy atom. The summed E-state index contributed by atoms with van der Waals surface area (Å²) in [7, 11) is 0. The molecule has 29 heavy (non-hydrogen) atoms. The molecule has 0 aliphatic carbocycles. The minimum absolute atomic E-state index is 0.0470. The quantitative estimate of drug-likeness (QED) is 0.496. The number of hydrogen-bond acceptors (Lipinski definition) is 4. The van der Waals surface area contributed by atoms with Gasteiger partial charge in [-0.05, 0) is 31.0 Å². The van der Waals surface area contributed by atoms with Crippen molar-refractivity contribution in [2.45, 2.75) is 25.2 Å². The van der Waals surface area contributed by atoms with Crippen LogP contribution in [0.25, 0.3) is 0 Å². The van der Waals surface area contributed by atoms with Gasteiger partial charge in [-0.3, -0.25) is 10.1 Å². The summed E-state index contributed by atoms with van der Waals surface area (Å²) in [5.41, 5.74) is -2.86. The highest BCUT2D eigenvalue weighted by molar-refractivity contribution is 6.33. The fraction of sp³-hybridized carbons (Fsp3) is 0.300. The summed E-state index contributed by atoms with van der Waals surface area (Å²) in [4.78, 5) is 24.9. The van der Waals surface area contributed by atoms with E-state index in [2.05, 4.69) is 10.1 Å². The van der Waals surface area contributed by atoms with Gasteiger partial charge in [-0.1, -0.05) is 54.1 Å². The molecular weight excluding hydrogens is 409 g/mol. The molecule has 9 heteroatoms. The first-order chi connectivity index (χ1) is 13.7. The Kier molecular flexibility index (Phi) is 7.64. The molecule has 0 aliphatic rings. The monoisotopic (exact) mass is 428 g/mol. The van der Waals surface area contributed by atoms with E-state index in [9.17, 15) is 22.8 Å². The summed E-state index contributed by atoms with van der Waals surface area (Å²) in [6, 6.07) is 14.3. The largest absolute Gasteiger partial charge is 0.463 e. The lowest BCUT2D eigenvalue weighted by molar-refractivity contribution is -0.218. The number of ether oxygens (including phenoxy) is 1. The van der Waals surface area contributed by atoms with Crippen LogP contribution >= 0.6 is 11.6 Å². The zero-order valence-corrected chi connectivity index (χ0v) is 16.3. The van der Waals surface area contributed by atoms with Crippen LogP contribution in [0.2, 0.25) is 5.02 Å². The first kappa shape index (κ1) is 22.7. The molecule has 0 saturated carbocycles. The first-order valence-corrected chi connectivity index (χ1v) is 9.19. The number of carbonyl (C=O) groups excluding carboxylic acids is 2. The Labute approximate surface area is 171 Å². The van der Waals surface area contributed by atoms with Gasteiger partial charge in [0.25, 0.3) is 11.6 Å². The van der Waals surface area contributed by atoms with Crippen molar-refractivity contribution in [2.24, 2.45) is 0 Å². The molecule has 2 N–H and O–H groups in total. The standard InChI is InChI=1S/C20H20ClF3N2O3/c1-2-29-18(28)19(20(22,23)24,25-13-12-14-8-4-3-5-9-14)26-17(27)15-10-6-7-11-16(15)21/h3-11,25H,2,12-13H2,1H3,(H,26,27)/t19-/m0/s1. The number of hydrogen-bond donors (Lipinski definition) is 2. The van der Waals surface area contributed by atoms with Crippen molar-refractivity contribution in [1.29, 1.82) is 0 Å². The van der Waals surface area contributed by atoms with Crippen molar-refractivity contribution in [3.63, 3.8) is 0 Å². The molecule has 2 aromatic rings. The highest BCUT2D eigenvalue weighted by Crippen LogP contribution is 2.31. The maximum absolute atomic E-state index is 14.0. The predicted molar refractivity (Wildman–Crippen MR) is 102 cm³/mol. The SMILES string of the molecule is CCOC(=O)[C@](NCCc1ccccc1)(NC(=O)c1ccccc1Cl)C(F)(F)F. The Balaban J connectivity index is 2.33. The second-order valence-corrected chi connectivity index (χ2v) is 6.47. The van der Waals surface area contributed by atoms with Gasteiger partial charge in [0.05, 0.1) is 17.2 Å². The molecule has 0 spiro atoms. The summed E-state index contributed by atoms with van der Waals surface area (Å²) in [6.45, 7) is 0.836. The number of alkyl halides is 3. The molecule has 156 valence electrons. The predicted octanol–water partition coefficient (Wildman–Crippen LogP) is 3.72. The Hall–Kier alpha value is -2.58. The topological polar surface area (TPSA) is 67.4 Å². The van der Waals surface area contributed by atoms with E-state index in [0.29, 0.717) is 0 Å². The van der Waals surface area contributed by atoms with Crippen LogP contribution in [0.1, 0.15) is 22.8 Å². The third-order valence-electron chi connectivity index (χ3n) is 4.07. The van der Waals surface area contributed by atoms with Gasteiger partial charge in [0, 0.05) is 6.54 Å². The first-order valence-electron chi connectivity index (χ1n) is 8.81. The smallest absolute Gasteiger partial charge is 0.436 e. The van der Waals surface area contributed by atoms with Gasteiger partial charge in [-0.25, -0.2) is 4.79 Å². The van der Waals surface area contributed by atoms with Gasteiger partial charge in [-0.2, -0.15) is 13.2 Å². The molecule has 1 amide bonds. The molecule has 2 aromatic carbocycles. The lowest BCUT2D eigenvalue weighted by atomic mass is 10.1. The summed E-state index contributed by atoms with van der Waals surface area (Å²) >= 11 is 5.91. The molecule has 0 heterocycles. The van der Waals surface area contributed by atoms with Crippen molar-refractivity contribution in [3.8, 4) is 0 Å². The molecule has 0 fully saturated rings. The van der Waals surface area contributed by atoms with Crippen LogP contribution < -0.4 is 10.6 Å². The molecule has 1 atom stereocenters. The second kappa shape index (κ2) is 9.76. The summed E-state index contributed by atoms with van der Waals surface area (Å²) < 4.78 is 46.8. The number of rotatable bonds is 8. The van der Waals surface area contributed by atoms with Gasteiger partial charge in [0.1, 0.15) is 0 Å². The van der Waals surface area contributed by atoms with E-state index >= 15 is 0 Å². The molecular formula is C20H20ClF3N2O3. The molecule has 2 rings (SSSR count). The van der Waals surface area contributed by atoms with E-state index < -0.39 is 23.7 Å². The van der Waals surface area contributed by atoms with Crippen LogP contribution in [0.5, 0.6) is 0 Å². The minimum Gasteiger partial charge on any atom is -0.463 e. The Morgan fingerprint density at radius 2 is 1.66 bits per heavy atom. The molecule has 0 bridgehead atoms. The molecule has 0 unspecified atom stereocenters. The van der Waals surface area contributed by atoms with E-state index in [-0.39, 0.29) is 30.2 Å². The summed E-state index contributed by atoms with van der Waals surface area (Å²) in [5.74, 6) is -2.81. The van der Waals surface area contributed by atoms with Crippen molar-refractivity contribution >= 4 is 23.5 Å². The maximum Gasteiger partial charge on any atom is 0.436 e. The van der Waals surface area contributed by atoms with Crippen LogP contribution in [-0.4, -0.2) is 36.9 Å². The van der Waals surface area contributed by atoms with Gasteiger partial charge in [0.15, 0.2) is 0 Å². The van der Waals surface area contributed by atoms with E-state index in [1.165, 1.54) is 31.2 Å². The number of nitrogens with one attached hydrogen (secondary N) is 2. The van der Waals surface area contributed by atoms with E-state index in [1.54, 1.807) is 35.6 Å². The molecule has 0 radical (unpaired) electrons. The van der Waals surface area contributed by atoms with Crippen molar-refractivity contribution in [3.05, 3.63) is 70.7 Å². The second-order valence-electron chi connectivity index (χ2n) is 6.06. The molecule has 0 saturated heterocycles. The lowest BCUT2D eigenvalue weighted by Gasteiger charge is -2.35. The number of halogens is 4. The third kappa shape index (κ3) is 5.48. The van der Waals surface area contributed by atoms with Crippen molar-refractivity contribution in [2.75, 3.05) is 13.2 Å². The van der Waals surface area contributed by atoms with Crippen LogP contribution in [0.3, 0.4) is 0 Å². The van der Waals surface area contributed by atoms with E-state index in [1.807, 2.05) is 0 Å². The van der Waals surface area contributed by atoms with E-state index in [4.69, 9.17) is 11.6 Å². The Bertz CT molecular complexity index is 846. The van der Waals surface area contributed by atoms with Gasteiger partial charge < -0.3 is 10.1 Å². The number of esters is 1. The normalized spacial score (nSPS) is 13.4. The van der Waals surface area contributed by atoms with Crippen molar-refractivity contribution < 1.29 is 27.5 Å². The number of amides is 1. The highest BCUT2D eigenvalue weighted by atomic mass is 35.5. The summed E-state index contributed by atoms with van der Waals surface area (Å²) in [5, 5.41) is 3.87. The average molecular weight is 429 g/mol. The van der Waals surface area contributed by atoms with Gasteiger partial charge in [0.2, 0.25) is 0 Å². The number of carbonyl (C=O) groups is 2. The minimum atomic E-state index is -5.17. The van der Waals surface area contributed by atoms with Crippen molar-refractivity contribution in [1.82, 2.24) is 10.6 Å².